The van der Waals surface area contributed by atoms with Gasteiger partial charge in [0.15, 0.2) is 0 Å². The van der Waals surface area contributed by atoms with E-state index >= 15 is 0 Å². The summed E-state index contributed by atoms with van der Waals surface area (Å²) in [7, 11) is 0. The van der Waals surface area contributed by atoms with Gasteiger partial charge in [0.2, 0.25) is 17.7 Å². The number of nitrogens with one attached hydrogen (secondary N) is 3. The highest BCUT2D eigenvalue weighted by Gasteiger charge is 2.72. The molecule has 0 unspecified atom stereocenters. The Kier molecular flexibility index (Phi) is 5.28. The van der Waals surface area contributed by atoms with Gasteiger partial charge in [-0.05, 0) is 26.3 Å². The van der Waals surface area contributed by atoms with E-state index < -0.39 is 17.3 Å². The molecule has 0 saturated heterocycles. The normalized spacial score (nSPS) is 26.6. The third-order valence-corrected chi connectivity index (χ3v) is 5.80. The van der Waals surface area contributed by atoms with E-state index in [0.717, 1.165) is 12.0 Å². The lowest BCUT2D eigenvalue weighted by Gasteiger charge is -2.22. The number of anilines is 1. The molecule has 0 radical (unpaired) electrons. The minimum absolute atomic E-state index is 0.00990. The predicted octanol–water partition coefficient (Wildman–Crippen LogP) is 2.28. The zero-order valence-electron chi connectivity index (χ0n) is 17.0. The van der Waals surface area contributed by atoms with Crippen molar-refractivity contribution in [3.63, 3.8) is 0 Å². The minimum atomic E-state index is -0.696. The van der Waals surface area contributed by atoms with E-state index in [1.54, 1.807) is 0 Å². The van der Waals surface area contributed by atoms with Crippen molar-refractivity contribution < 1.29 is 14.4 Å². The molecule has 3 amide bonds. The van der Waals surface area contributed by atoms with Crippen molar-refractivity contribution in [2.24, 2.45) is 28.3 Å². The van der Waals surface area contributed by atoms with Crippen molar-refractivity contribution >= 4 is 29.1 Å². The van der Waals surface area contributed by atoms with Gasteiger partial charge in [0.1, 0.15) is 0 Å². The SMILES string of the molecule is CC[C@@H](C)C(=O)Nc1ccccc1C1=NNC(=O)[C@H]2[C@@H](C(=O)NC(C)C)[C@@]12C. The maximum Gasteiger partial charge on any atom is 0.245 e. The third-order valence-electron chi connectivity index (χ3n) is 5.80. The molecule has 1 aromatic carbocycles. The number of nitrogens with zero attached hydrogens (tertiary/aromatic N) is 1. The summed E-state index contributed by atoms with van der Waals surface area (Å²) in [5, 5.41) is 10.2. The highest BCUT2D eigenvalue weighted by molar-refractivity contribution is 6.19. The second-order valence-electron chi connectivity index (χ2n) is 8.18. The molecular weight excluding hydrogens is 356 g/mol. The monoisotopic (exact) mass is 384 g/mol. The molecule has 3 rings (SSSR count). The first-order valence-electron chi connectivity index (χ1n) is 9.80. The molecule has 1 aliphatic heterocycles. The van der Waals surface area contributed by atoms with Crippen LogP contribution in [-0.2, 0) is 14.4 Å². The van der Waals surface area contributed by atoms with Crippen LogP contribution in [0.2, 0.25) is 0 Å². The fourth-order valence-electron chi connectivity index (χ4n) is 3.92. The number of fused-ring (bicyclic) bond motifs is 1. The molecule has 0 spiro atoms. The van der Waals surface area contributed by atoms with Crippen molar-refractivity contribution in [1.29, 1.82) is 0 Å². The minimum Gasteiger partial charge on any atom is -0.354 e. The van der Waals surface area contributed by atoms with E-state index in [1.807, 2.05) is 58.9 Å². The predicted molar refractivity (Wildman–Crippen MR) is 108 cm³/mol. The van der Waals surface area contributed by atoms with Crippen molar-refractivity contribution in [1.82, 2.24) is 10.7 Å². The van der Waals surface area contributed by atoms with Crippen LogP contribution in [0.3, 0.4) is 0 Å². The standard InChI is InChI=1S/C21H28N4O3/c1-6-12(4)18(26)23-14-10-8-7-9-13(14)17-21(5)15(19(27)22-11(2)3)16(21)20(28)25-24-17/h7-12,15-16H,6H2,1-5H3,(H,22,27)(H,23,26)(H,25,28)/t12-,15+,16-,21-/m1/s1. The lowest BCUT2D eigenvalue weighted by molar-refractivity contribution is -0.127. The van der Waals surface area contributed by atoms with E-state index in [0.29, 0.717) is 11.4 Å². The Bertz CT molecular complexity index is 848. The van der Waals surface area contributed by atoms with E-state index in [1.165, 1.54) is 0 Å². The summed E-state index contributed by atoms with van der Waals surface area (Å²) in [6.07, 6.45) is 0.738. The number of hydrogen-bond acceptors (Lipinski definition) is 4. The van der Waals surface area contributed by atoms with Gasteiger partial charge in [-0.1, -0.05) is 39.0 Å². The van der Waals surface area contributed by atoms with Gasteiger partial charge in [0, 0.05) is 28.6 Å². The molecule has 0 bridgehead atoms. The Balaban J connectivity index is 1.95. The number of hydrazone groups is 1. The molecule has 7 heteroatoms. The smallest absolute Gasteiger partial charge is 0.245 e. The summed E-state index contributed by atoms with van der Waals surface area (Å²) in [6, 6.07) is 7.37. The molecule has 28 heavy (non-hydrogen) atoms. The van der Waals surface area contributed by atoms with Crippen LogP contribution >= 0.6 is 0 Å². The number of rotatable bonds is 6. The van der Waals surface area contributed by atoms with Crippen LogP contribution in [0.4, 0.5) is 5.69 Å². The van der Waals surface area contributed by atoms with Crippen LogP contribution in [0.25, 0.3) is 0 Å². The van der Waals surface area contributed by atoms with Crippen LogP contribution in [-0.4, -0.2) is 29.5 Å². The zero-order chi connectivity index (χ0) is 20.6. The van der Waals surface area contributed by atoms with Crippen LogP contribution in [0.1, 0.15) is 46.6 Å². The molecule has 4 atom stereocenters. The number of carbonyl (C=O) groups is 3. The number of hydrogen-bond donors (Lipinski definition) is 3. The van der Waals surface area contributed by atoms with Gasteiger partial charge >= 0.3 is 0 Å². The lowest BCUT2D eigenvalue weighted by Crippen LogP contribution is -2.35. The Labute approximate surface area is 165 Å². The molecule has 1 saturated carbocycles. The number of amides is 3. The van der Waals surface area contributed by atoms with Crippen molar-refractivity contribution in [2.75, 3.05) is 5.32 Å². The third kappa shape index (κ3) is 3.30. The first-order chi connectivity index (χ1) is 13.2. The molecular formula is C21H28N4O3. The second kappa shape index (κ2) is 7.37. The summed E-state index contributed by atoms with van der Waals surface area (Å²) in [4.78, 5) is 37.4. The lowest BCUT2D eigenvalue weighted by atomic mass is 9.89. The molecule has 0 aromatic heterocycles. The van der Waals surface area contributed by atoms with E-state index in [4.69, 9.17) is 0 Å². The average molecular weight is 384 g/mol. The molecule has 1 aromatic rings. The van der Waals surface area contributed by atoms with Gasteiger partial charge in [0.25, 0.3) is 0 Å². The highest BCUT2D eigenvalue weighted by Crippen LogP contribution is 2.62. The quantitative estimate of drug-likeness (QED) is 0.701. The van der Waals surface area contributed by atoms with Gasteiger partial charge in [0.05, 0.1) is 17.5 Å². The Morgan fingerprint density at radius 1 is 1.25 bits per heavy atom. The molecule has 3 N–H and O–H groups in total. The van der Waals surface area contributed by atoms with Crippen LogP contribution in [0, 0.1) is 23.2 Å². The largest absolute Gasteiger partial charge is 0.354 e. The van der Waals surface area contributed by atoms with Gasteiger partial charge < -0.3 is 10.6 Å². The summed E-state index contributed by atoms with van der Waals surface area (Å²) >= 11 is 0. The molecule has 1 aliphatic carbocycles. The Morgan fingerprint density at radius 3 is 2.57 bits per heavy atom. The molecule has 1 fully saturated rings. The Morgan fingerprint density at radius 2 is 1.93 bits per heavy atom. The summed E-state index contributed by atoms with van der Waals surface area (Å²) < 4.78 is 0. The zero-order valence-corrected chi connectivity index (χ0v) is 17.0. The van der Waals surface area contributed by atoms with Crippen molar-refractivity contribution in [3.05, 3.63) is 29.8 Å². The van der Waals surface area contributed by atoms with Crippen molar-refractivity contribution in [2.45, 2.75) is 47.1 Å². The second-order valence-corrected chi connectivity index (χ2v) is 8.18. The molecule has 7 nitrogen and oxygen atoms in total. The van der Waals surface area contributed by atoms with Crippen LogP contribution in [0.15, 0.2) is 29.4 Å². The maximum absolute atomic E-state index is 12.7. The van der Waals surface area contributed by atoms with Gasteiger partial charge in [-0.25, -0.2) is 5.43 Å². The van der Waals surface area contributed by atoms with E-state index in [-0.39, 0.29) is 29.7 Å². The molecule has 2 aliphatic rings. The maximum atomic E-state index is 12.7. The van der Waals surface area contributed by atoms with Crippen molar-refractivity contribution in [3.8, 4) is 0 Å². The average Bonchev–Trinajstić information content (AvgIpc) is 3.29. The number of carbonyl (C=O) groups excluding carboxylic acids is 3. The first-order valence-corrected chi connectivity index (χ1v) is 9.80. The summed E-state index contributed by atoms with van der Waals surface area (Å²) in [6.45, 7) is 9.51. The molecule has 1 heterocycles. The van der Waals surface area contributed by atoms with Gasteiger partial charge in [-0.15, -0.1) is 0 Å². The van der Waals surface area contributed by atoms with Crippen LogP contribution < -0.4 is 16.1 Å². The van der Waals surface area contributed by atoms with Gasteiger partial charge in [-0.3, -0.25) is 14.4 Å². The summed E-state index contributed by atoms with van der Waals surface area (Å²) in [5.41, 5.74) is 3.85. The number of para-hydroxylation sites is 1. The topological polar surface area (TPSA) is 99.7 Å². The van der Waals surface area contributed by atoms with E-state index in [2.05, 4.69) is 21.2 Å². The summed E-state index contributed by atoms with van der Waals surface area (Å²) in [5.74, 6) is -1.51. The number of benzene rings is 1. The molecule has 150 valence electrons. The first kappa shape index (κ1) is 20.0. The van der Waals surface area contributed by atoms with Crippen LogP contribution in [0.5, 0.6) is 0 Å². The highest BCUT2D eigenvalue weighted by atomic mass is 16.2. The van der Waals surface area contributed by atoms with E-state index in [9.17, 15) is 14.4 Å². The fourth-order valence-corrected chi connectivity index (χ4v) is 3.92. The fraction of sp³-hybridized carbons (Fsp3) is 0.524. The van der Waals surface area contributed by atoms with Gasteiger partial charge in [-0.2, -0.15) is 5.10 Å². The Hall–Kier alpha value is -2.70.